The maximum absolute atomic E-state index is 12.6. The molecule has 2 fully saturated rings. The smallest absolute Gasteiger partial charge is 0.237 e. The van der Waals surface area contributed by atoms with E-state index in [0.717, 1.165) is 38.3 Å². The van der Waals surface area contributed by atoms with E-state index >= 15 is 0 Å². The Morgan fingerprint density at radius 1 is 1.12 bits per heavy atom. The summed E-state index contributed by atoms with van der Waals surface area (Å²) >= 11 is 0. The van der Waals surface area contributed by atoms with Crippen LogP contribution in [0.1, 0.15) is 63.9 Å². The van der Waals surface area contributed by atoms with Crippen molar-refractivity contribution in [2.45, 2.75) is 76.8 Å². The number of hydrogen-bond donors (Lipinski definition) is 2. The second-order valence-corrected chi connectivity index (χ2v) is 8.20. The molecule has 1 saturated heterocycles. The minimum atomic E-state index is -0.00465. The van der Waals surface area contributed by atoms with Gasteiger partial charge < -0.3 is 10.4 Å². The van der Waals surface area contributed by atoms with Gasteiger partial charge in [-0.1, -0.05) is 31.4 Å². The van der Waals surface area contributed by atoms with Gasteiger partial charge in [0.05, 0.1) is 6.04 Å². The molecule has 1 heterocycles. The normalized spacial score (nSPS) is 21.4. The highest BCUT2D eigenvalue weighted by Crippen LogP contribution is 2.24. The maximum atomic E-state index is 12.6. The fraction of sp³-hybridized carbons (Fsp3) is 0.682. The van der Waals surface area contributed by atoms with E-state index in [2.05, 4.69) is 17.1 Å². The first kappa shape index (κ1) is 19.2. The molecule has 144 valence electrons. The maximum Gasteiger partial charge on any atom is 0.237 e. The average molecular weight is 359 g/mol. The highest BCUT2D eigenvalue weighted by Gasteiger charge is 2.27. The largest absolute Gasteiger partial charge is 0.508 e. The highest BCUT2D eigenvalue weighted by atomic mass is 16.3. The van der Waals surface area contributed by atoms with Gasteiger partial charge in [0.2, 0.25) is 5.91 Å². The lowest BCUT2D eigenvalue weighted by Gasteiger charge is -2.36. The van der Waals surface area contributed by atoms with E-state index in [1.54, 1.807) is 12.1 Å². The van der Waals surface area contributed by atoms with E-state index in [1.807, 2.05) is 12.1 Å². The van der Waals surface area contributed by atoms with Crippen LogP contribution in [0.2, 0.25) is 0 Å². The van der Waals surface area contributed by atoms with E-state index in [-0.39, 0.29) is 11.9 Å². The van der Waals surface area contributed by atoms with Gasteiger partial charge in [-0.05, 0) is 82.2 Å². The van der Waals surface area contributed by atoms with Crippen LogP contribution in [-0.4, -0.2) is 41.1 Å². The Bertz CT molecular complexity index is 558. The molecule has 2 aliphatic rings. The number of carbonyl (C=O) groups is 1. The van der Waals surface area contributed by atoms with Crippen LogP contribution in [0, 0.1) is 5.92 Å². The zero-order valence-corrected chi connectivity index (χ0v) is 16.1. The Morgan fingerprint density at radius 3 is 2.42 bits per heavy atom. The van der Waals surface area contributed by atoms with Crippen molar-refractivity contribution < 1.29 is 9.90 Å². The first-order valence-corrected chi connectivity index (χ1v) is 10.4. The Labute approximate surface area is 158 Å². The second-order valence-electron chi connectivity index (χ2n) is 8.20. The summed E-state index contributed by atoms with van der Waals surface area (Å²) in [6, 6.07) is 7.97. The average Bonchev–Trinajstić information content (AvgIpc) is 2.68. The molecule has 1 atom stereocenters. The lowest BCUT2D eigenvalue weighted by Crippen LogP contribution is -2.50. The van der Waals surface area contributed by atoms with Crippen molar-refractivity contribution in [2.75, 3.05) is 13.1 Å². The summed E-state index contributed by atoms with van der Waals surface area (Å²) in [6.45, 7) is 4.12. The fourth-order valence-corrected chi connectivity index (χ4v) is 4.40. The Hall–Kier alpha value is -1.55. The van der Waals surface area contributed by atoms with Crippen molar-refractivity contribution in [2.24, 2.45) is 5.92 Å². The van der Waals surface area contributed by atoms with Crippen LogP contribution < -0.4 is 5.32 Å². The standard InChI is InChI=1S/C22H34N2O2/c1-17(22(26)23-20-5-3-2-4-6-20)24-15-13-19(14-16-24)8-7-18-9-11-21(25)12-10-18/h9-12,17,19-20,25H,2-8,13-16H2,1H3,(H,23,26)/t17-/m0/s1. The summed E-state index contributed by atoms with van der Waals surface area (Å²) in [5.74, 6) is 1.30. The first-order chi connectivity index (χ1) is 12.6. The minimum Gasteiger partial charge on any atom is -0.508 e. The molecule has 4 heteroatoms. The Morgan fingerprint density at radius 2 is 1.77 bits per heavy atom. The van der Waals surface area contributed by atoms with Crippen LogP contribution in [0.15, 0.2) is 24.3 Å². The molecule has 0 radical (unpaired) electrons. The number of aryl methyl sites for hydroxylation is 1. The van der Waals surface area contributed by atoms with Crippen molar-refractivity contribution >= 4 is 5.91 Å². The summed E-state index contributed by atoms with van der Waals surface area (Å²) in [5, 5.41) is 12.6. The van der Waals surface area contributed by atoms with Gasteiger partial charge in [0.25, 0.3) is 0 Å². The van der Waals surface area contributed by atoms with Crippen LogP contribution in [0.3, 0.4) is 0 Å². The van der Waals surface area contributed by atoms with Crippen molar-refractivity contribution in [3.8, 4) is 5.75 Å². The van der Waals surface area contributed by atoms with Gasteiger partial charge in [-0.25, -0.2) is 0 Å². The number of nitrogens with one attached hydrogen (secondary N) is 1. The van der Waals surface area contributed by atoms with Crippen LogP contribution >= 0.6 is 0 Å². The van der Waals surface area contributed by atoms with E-state index < -0.39 is 0 Å². The molecule has 0 bridgehead atoms. The fourth-order valence-electron chi connectivity index (χ4n) is 4.40. The SMILES string of the molecule is C[C@@H](C(=O)NC1CCCCC1)N1CCC(CCc2ccc(O)cc2)CC1. The zero-order chi connectivity index (χ0) is 18.4. The molecule has 2 N–H and O–H groups in total. The van der Waals surface area contributed by atoms with Crippen molar-refractivity contribution in [3.63, 3.8) is 0 Å². The second kappa shape index (κ2) is 9.40. The number of rotatable bonds is 6. The molecular weight excluding hydrogens is 324 g/mol. The molecular formula is C22H34N2O2. The van der Waals surface area contributed by atoms with E-state index in [9.17, 15) is 9.90 Å². The summed E-state index contributed by atoms with van der Waals surface area (Å²) < 4.78 is 0. The predicted molar refractivity (Wildman–Crippen MR) is 105 cm³/mol. The number of amides is 1. The summed E-state index contributed by atoms with van der Waals surface area (Å²) in [7, 11) is 0. The van der Waals surface area contributed by atoms with Crippen molar-refractivity contribution in [1.82, 2.24) is 10.2 Å². The number of likely N-dealkylation sites (tertiary alicyclic amines) is 1. The Balaban J connectivity index is 1.38. The number of phenolic OH excluding ortho intramolecular Hbond substituents is 1. The van der Waals surface area contributed by atoms with Crippen LogP contribution in [0.25, 0.3) is 0 Å². The molecule has 26 heavy (non-hydrogen) atoms. The molecule has 1 amide bonds. The molecule has 4 nitrogen and oxygen atoms in total. The number of hydrogen-bond acceptors (Lipinski definition) is 3. The van der Waals surface area contributed by atoms with Gasteiger partial charge in [0, 0.05) is 6.04 Å². The van der Waals surface area contributed by atoms with Gasteiger partial charge in [0.15, 0.2) is 0 Å². The van der Waals surface area contributed by atoms with E-state index in [1.165, 1.54) is 44.1 Å². The molecule has 3 rings (SSSR count). The number of nitrogens with zero attached hydrogens (tertiary/aromatic N) is 1. The summed E-state index contributed by atoms with van der Waals surface area (Å²) in [4.78, 5) is 14.9. The number of piperidine rings is 1. The van der Waals surface area contributed by atoms with Gasteiger partial charge in [-0.2, -0.15) is 0 Å². The van der Waals surface area contributed by atoms with Crippen molar-refractivity contribution in [3.05, 3.63) is 29.8 Å². The first-order valence-electron chi connectivity index (χ1n) is 10.4. The van der Waals surface area contributed by atoms with E-state index in [0.29, 0.717) is 11.8 Å². The van der Waals surface area contributed by atoms with Crippen LogP contribution in [-0.2, 0) is 11.2 Å². The molecule has 1 aliphatic heterocycles. The third kappa shape index (κ3) is 5.47. The highest BCUT2D eigenvalue weighted by molar-refractivity contribution is 5.81. The quantitative estimate of drug-likeness (QED) is 0.811. The molecule has 0 unspecified atom stereocenters. The molecule has 1 aromatic carbocycles. The minimum absolute atomic E-state index is 0.00465. The topological polar surface area (TPSA) is 52.6 Å². The number of aromatic hydroxyl groups is 1. The molecule has 1 aromatic rings. The van der Waals surface area contributed by atoms with Crippen LogP contribution in [0.4, 0.5) is 0 Å². The third-order valence-electron chi connectivity index (χ3n) is 6.31. The monoisotopic (exact) mass is 358 g/mol. The van der Waals surface area contributed by atoms with Gasteiger partial charge >= 0.3 is 0 Å². The summed E-state index contributed by atoms with van der Waals surface area (Å²) in [6.07, 6.45) is 10.8. The zero-order valence-electron chi connectivity index (χ0n) is 16.1. The molecule has 1 saturated carbocycles. The lowest BCUT2D eigenvalue weighted by molar-refractivity contribution is -0.127. The molecule has 1 aliphatic carbocycles. The lowest BCUT2D eigenvalue weighted by atomic mass is 9.90. The molecule has 0 spiro atoms. The predicted octanol–water partition coefficient (Wildman–Crippen LogP) is 3.87. The van der Waals surface area contributed by atoms with Gasteiger partial charge in [-0.15, -0.1) is 0 Å². The van der Waals surface area contributed by atoms with Gasteiger partial charge in [-0.3, -0.25) is 9.69 Å². The number of carbonyl (C=O) groups excluding carboxylic acids is 1. The third-order valence-corrected chi connectivity index (χ3v) is 6.31. The van der Waals surface area contributed by atoms with E-state index in [4.69, 9.17) is 0 Å². The van der Waals surface area contributed by atoms with Gasteiger partial charge in [0.1, 0.15) is 5.75 Å². The summed E-state index contributed by atoms with van der Waals surface area (Å²) in [5.41, 5.74) is 1.30. The van der Waals surface area contributed by atoms with Crippen molar-refractivity contribution in [1.29, 1.82) is 0 Å². The number of benzene rings is 1. The van der Waals surface area contributed by atoms with Crippen LogP contribution in [0.5, 0.6) is 5.75 Å². The Kier molecular flexibility index (Phi) is 6.95. The number of phenols is 1. The molecule has 0 aromatic heterocycles.